The predicted octanol–water partition coefficient (Wildman–Crippen LogP) is 1.19. The summed E-state index contributed by atoms with van der Waals surface area (Å²) in [5.74, 6) is 1.63. The number of hydrogen-bond donors (Lipinski definition) is 0. The molecule has 1 aliphatic rings. The summed E-state index contributed by atoms with van der Waals surface area (Å²) < 4.78 is 7.01. The number of likely N-dealkylation sites (N-methyl/N-ethyl adjacent to an activating group) is 2. The number of likely N-dealkylation sites (tertiary alicyclic amines) is 1. The molecule has 0 bridgehead atoms. The molecule has 1 fully saturated rings. The van der Waals surface area contributed by atoms with Crippen LogP contribution in [0.15, 0.2) is 12.4 Å². The molecule has 2 aromatic heterocycles. The van der Waals surface area contributed by atoms with Crippen molar-refractivity contribution in [1.29, 1.82) is 0 Å². The monoisotopic (exact) mass is 304 g/mol. The van der Waals surface area contributed by atoms with Crippen LogP contribution in [0, 0.1) is 0 Å². The van der Waals surface area contributed by atoms with Gasteiger partial charge in [0, 0.05) is 32.8 Å². The van der Waals surface area contributed by atoms with Crippen LogP contribution in [0.2, 0.25) is 0 Å². The molecule has 0 radical (unpaired) electrons. The molecule has 1 saturated heterocycles. The molecule has 0 aromatic carbocycles. The lowest BCUT2D eigenvalue weighted by Crippen LogP contribution is -2.39. The van der Waals surface area contributed by atoms with Crippen molar-refractivity contribution in [1.82, 2.24) is 24.5 Å². The summed E-state index contributed by atoms with van der Waals surface area (Å²) in [4.78, 5) is 13.5. The maximum atomic E-state index is 5.21. The quantitative estimate of drug-likeness (QED) is 0.799. The molecule has 1 aliphatic heterocycles. The van der Waals surface area contributed by atoms with Gasteiger partial charge in [0.15, 0.2) is 0 Å². The van der Waals surface area contributed by atoms with Crippen molar-refractivity contribution in [3.8, 4) is 0 Å². The maximum absolute atomic E-state index is 5.21. The van der Waals surface area contributed by atoms with Crippen molar-refractivity contribution in [2.24, 2.45) is 0 Å². The molecule has 22 heavy (non-hydrogen) atoms. The third kappa shape index (κ3) is 2.91. The zero-order valence-corrected chi connectivity index (χ0v) is 13.6. The second-order valence-corrected chi connectivity index (χ2v) is 5.82. The Hall–Kier alpha value is -1.73. The molecule has 1 unspecified atom stereocenters. The molecule has 0 spiro atoms. The van der Waals surface area contributed by atoms with E-state index in [2.05, 4.69) is 38.8 Å². The highest BCUT2D eigenvalue weighted by atomic mass is 16.5. The number of fused-ring (bicyclic) bond motifs is 1. The van der Waals surface area contributed by atoms with E-state index in [-0.39, 0.29) is 0 Å². The van der Waals surface area contributed by atoms with Crippen molar-refractivity contribution in [2.75, 3.05) is 38.7 Å². The number of nitrogens with zero attached hydrogens (tertiary/aromatic N) is 6. The van der Waals surface area contributed by atoms with Gasteiger partial charge < -0.3 is 9.64 Å². The van der Waals surface area contributed by atoms with Crippen LogP contribution in [-0.2, 0) is 11.3 Å². The standard InChI is InChI=1S/C15H24N6O/c1-4-20-7-5-6-13(20)9-19(2)14-8-12(10-22-3)18-15-16-11-17-21(14)15/h8,11,13H,4-7,9-10H2,1-3H3. The van der Waals surface area contributed by atoms with Crippen molar-refractivity contribution < 1.29 is 4.74 Å². The first-order valence-electron chi connectivity index (χ1n) is 7.86. The summed E-state index contributed by atoms with van der Waals surface area (Å²) in [5.41, 5.74) is 0.878. The third-order valence-corrected chi connectivity index (χ3v) is 4.36. The van der Waals surface area contributed by atoms with Crippen molar-refractivity contribution in [3.63, 3.8) is 0 Å². The number of rotatable bonds is 6. The Morgan fingerprint density at radius 1 is 1.45 bits per heavy atom. The summed E-state index contributed by atoms with van der Waals surface area (Å²) in [7, 11) is 3.79. The number of methoxy groups -OCH3 is 1. The van der Waals surface area contributed by atoms with Crippen LogP contribution in [0.4, 0.5) is 5.82 Å². The first-order valence-corrected chi connectivity index (χ1v) is 7.86. The van der Waals surface area contributed by atoms with Crippen LogP contribution in [0.1, 0.15) is 25.5 Å². The lowest BCUT2D eigenvalue weighted by Gasteiger charge is -2.29. The SMILES string of the molecule is CCN1CCCC1CN(C)c1cc(COC)nc2ncnn12. The van der Waals surface area contributed by atoms with Gasteiger partial charge in [0.25, 0.3) is 5.78 Å². The van der Waals surface area contributed by atoms with E-state index in [9.17, 15) is 0 Å². The fraction of sp³-hybridized carbons (Fsp3) is 0.667. The minimum absolute atomic E-state index is 0.481. The summed E-state index contributed by atoms with van der Waals surface area (Å²) in [6.07, 6.45) is 4.09. The largest absolute Gasteiger partial charge is 0.378 e. The molecular weight excluding hydrogens is 280 g/mol. The average Bonchev–Trinajstić information content (AvgIpc) is 3.15. The Balaban J connectivity index is 1.85. The second-order valence-electron chi connectivity index (χ2n) is 5.82. The molecular formula is C15H24N6O. The van der Waals surface area contributed by atoms with Crippen LogP contribution in [0.3, 0.4) is 0 Å². The molecule has 7 nitrogen and oxygen atoms in total. The molecule has 120 valence electrons. The van der Waals surface area contributed by atoms with Crippen LogP contribution in [0.25, 0.3) is 5.78 Å². The molecule has 0 N–H and O–H groups in total. The van der Waals surface area contributed by atoms with Crippen molar-refractivity contribution in [2.45, 2.75) is 32.4 Å². The van der Waals surface area contributed by atoms with E-state index in [0.29, 0.717) is 18.4 Å². The molecule has 1 atom stereocenters. The van der Waals surface area contributed by atoms with Gasteiger partial charge in [0.05, 0.1) is 12.3 Å². The van der Waals surface area contributed by atoms with E-state index in [0.717, 1.165) is 24.6 Å². The lowest BCUT2D eigenvalue weighted by molar-refractivity contribution is 0.181. The van der Waals surface area contributed by atoms with Crippen molar-refractivity contribution in [3.05, 3.63) is 18.1 Å². The Kier molecular flexibility index (Phi) is 4.54. The van der Waals surface area contributed by atoms with E-state index in [1.165, 1.54) is 19.4 Å². The first kappa shape index (κ1) is 15.2. The minimum atomic E-state index is 0.481. The van der Waals surface area contributed by atoms with Gasteiger partial charge >= 0.3 is 0 Å². The van der Waals surface area contributed by atoms with Crippen LogP contribution in [0.5, 0.6) is 0 Å². The molecule has 2 aromatic rings. The topological polar surface area (TPSA) is 58.8 Å². The average molecular weight is 304 g/mol. The molecule has 3 heterocycles. The van der Waals surface area contributed by atoms with Crippen LogP contribution < -0.4 is 4.90 Å². The van der Waals surface area contributed by atoms with Gasteiger partial charge in [-0.1, -0.05) is 6.92 Å². The van der Waals surface area contributed by atoms with Gasteiger partial charge in [-0.25, -0.2) is 4.98 Å². The van der Waals surface area contributed by atoms with Gasteiger partial charge in [-0.15, -0.1) is 0 Å². The summed E-state index contributed by atoms with van der Waals surface area (Å²) in [6, 6.07) is 2.64. The Morgan fingerprint density at radius 3 is 3.09 bits per heavy atom. The first-order chi connectivity index (χ1) is 10.7. The molecule has 0 aliphatic carbocycles. The molecule has 0 saturated carbocycles. The predicted molar refractivity (Wildman–Crippen MR) is 85.0 cm³/mol. The lowest BCUT2D eigenvalue weighted by atomic mass is 10.2. The van der Waals surface area contributed by atoms with E-state index >= 15 is 0 Å². The van der Waals surface area contributed by atoms with Crippen molar-refractivity contribution >= 4 is 11.6 Å². The number of aromatic nitrogens is 4. The minimum Gasteiger partial charge on any atom is -0.378 e. The van der Waals surface area contributed by atoms with E-state index < -0.39 is 0 Å². The van der Waals surface area contributed by atoms with Gasteiger partial charge in [-0.2, -0.15) is 14.6 Å². The Morgan fingerprint density at radius 2 is 2.32 bits per heavy atom. The normalized spacial score (nSPS) is 19.1. The Bertz CT molecular complexity index is 628. The molecule has 0 amide bonds. The van der Waals surface area contributed by atoms with Gasteiger partial charge in [-0.05, 0) is 25.9 Å². The summed E-state index contributed by atoms with van der Waals surface area (Å²) in [6.45, 7) is 6.02. The van der Waals surface area contributed by atoms with Gasteiger partial charge in [0.1, 0.15) is 12.1 Å². The zero-order chi connectivity index (χ0) is 15.5. The summed E-state index contributed by atoms with van der Waals surface area (Å²) in [5, 5.41) is 4.30. The Labute approximate surface area is 130 Å². The van der Waals surface area contributed by atoms with Crippen LogP contribution in [-0.4, -0.2) is 64.3 Å². The van der Waals surface area contributed by atoms with Gasteiger partial charge in [-0.3, -0.25) is 4.90 Å². The van der Waals surface area contributed by atoms with E-state index in [4.69, 9.17) is 4.74 Å². The fourth-order valence-electron chi connectivity index (χ4n) is 3.27. The smallest absolute Gasteiger partial charge is 0.254 e. The second kappa shape index (κ2) is 6.58. The van der Waals surface area contributed by atoms with Gasteiger partial charge in [0.2, 0.25) is 0 Å². The summed E-state index contributed by atoms with van der Waals surface area (Å²) >= 11 is 0. The highest BCUT2D eigenvalue weighted by Gasteiger charge is 2.25. The number of ether oxygens (including phenoxy) is 1. The number of anilines is 1. The highest BCUT2D eigenvalue weighted by molar-refractivity contribution is 5.46. The number of hydrogen-bond acceptors (Lipinski definition) is 6. The highest BCUT2D eigenvalue weighted by Crippen LogP contribution is 2.21. The van der Waals surface area contributed by atoms with E-state index in [1.807, 2.05) is 6.07 Å². The maximum Gasteiger partial charge on any atom is 0.254 e. The third-order valence-electron chi connectivity index (χ3n) is 4.36. The molecule has 7 heteroatoms. The zero-order valence-electron chi connectivity index (χ0n) is 13.6. The van der Waals surface area contributed by atoms with Crippen LogP contribution >= 0.6 is 0 Å². The van der Waals surface area contributed by atoms with E-state index in [1.54, 1.807) is 18.0 Å². The fourth-order valence-corrected chi connectivity index (χ4v) is 3.27. The molecule has 3 rings (SSSR count).